The second-order valence-electron chi connectivity index (χ2n) is 2.13. The predicted octanol–water partition coefficient (Wildman–Crippen LogP) is 1.26. The summed E-state index contributed by atoms with van der Waals surface area (Å²) in [5.74, 6) is 1.19. The van der Waals surface area contributed by atoms with E-state index in [2.05, 4.69) is 12.2 Å². The fourth-order valence-electron chi connectivity index (χ4n) is 0.574. The Morgan fingerprint density at radius 3 is 2.70 bits per heavy atom. The summed E-state index contributed by atoms with van der Waals surface area (Å²) in [4.78, 5) is 10.9. The van der Waals surface area contributed by atoms with Crippen LogP contribution < -0.4 is 5.32 Å². The fourth-order valence-corrected chi connectivity index (χ4v) is 1.43. The van der Waals surface area contributed by atoms with Gasteiger partial charge in [-0.25, -0.2) is 0 Å². The van der Waals surface area contributed by atoms with E-state index in [1.54, 1.807) is 18.8 Å². The van der Waals surface area contributed by atoms with Gasteiger partial charge in [0, 0.05) is 7.05 Å². The summed E-state index contributed by atoms with van der Waals surface area (Å²) in [6.45, 7) is 4.04. The van der Waals surface area contributed by atoms with Gasteiger partial charge in [0.05, 0.1) is 5.25 Å². The van der Waals surface area contributed by atoms with Crippen LogP contribution >= 0.6 is 11.8 Å². The molecule has 0 spiro atoms. The summed E-state index contributed by atoms with van der Waals surface area (Å²) in [5, 5.41) is 2.72. The van der Waals surface area contributed by atoms with Crippen molar-refractivity contribution in [2.45, 2.75) is 25.5 Å². The van der Waals surface area contributed by atoms with Gasteiger partial charge in [-0.2, -0.15) is 0 Å². The highest BCUT2D eigenvalue weighted by Crippen LogP contribution is 2.10. The van der Waals surface area contributed by atoms with Gasteiger partial charge >= 0.3 is 0 Å². The molecule has 0 aromatic heterocycles. The maximum Gasteiger partial charge on any atom is 0.232 e. The molecule has 0 bridgehead atoms. The van der Waals surface area contributed by atoms with Crippen LogP contribution in [0.2, 0.25) is 0 Å². The number of thioether (sulfide) groups is 1. The highest BCUT2D eigenvalue weighted by atomic mass is 32.2. The molecule has 0 aromatic rings. The van der Waals surface area contributed by atoms with Gasteiger partial charge in [-0.15, -0.1) is 11.8 Å². The van der Waals surface area contributed by atoms with Gasteiger partial charge < -0.3 is 5.32 Å². The molecular weight excluding hydrogens is 146 g/mol. The van der Waals surface area contributed by atoms with E-state index in [1.165, 1.54) is 0 Å². The van der Waals surface area contributed by atoms with Crippen molar-refractivity contribution in [2.24, 2.45) is 0 Å². The van der Waals surface area contributed by atoms with E-state index in [-0.39, 0.29) is 11.2 Å². The predicted molar refractivity (Wildman–Crippen MR) is 46.3 cm³/mol. The van der Waals surface area contributed by atoms with Gasteiger partial charge in [-0.05, 0) is 19.1 Å². The second kappa shape index (κ2) is 5.59. The molecule has 0 aliphatic carbocycles. The quantitative estimate of drug-likeness (QED) is 0.672. The van der Waals surface area contributed by atoms with Gasteiger partial charge in [0.2, 0.25) is 5.91 Å². The minimum atomic E-state index is 0.102. The molecule has 0 fully saturated rings. The van der Waals surface area contributed by atoms with Crippen LogP contribution in [0.3, 0.4) is 0 Å². The van der Waals surface area contributed by atoms with E-state index in [1.807, 2.05) is 6.92 Å². The molecule has 0 saturated carbocycles. The Balaban J connectivity index is 3.41. The smallest absolute Gasteiger partial charge is 0.232 e. The Kier molecular flexibility index (Phi) is 5.49. The molecule has 10 heavy (non-hydrogen) atoms. The first-order valence-corrected chi connectivity index (χ1v) is 4.60. The van der Waals surface area contributed by atoms with E-state index >= 15 is 0 Å². The molecule has 3 heteroatoms. The number of hydrogen-bond donors (Lipinski definition) is 1. The third kappa shape index (κ3) is 3.77. The number of carbonyl (C=O) groups is 1. The van der Waals surface area contributed by atoms with Gasteiger partial charge in [0.1, 0.15) is 0 Å². The zero-order chi connectivity index (χ0) is 7.98. The van der Waals surface area contributed by atoms with Crippen molar-refractivity contribution in [1.29, 1.82) is 0 Å². The summed E-state index contributed by atoms with van der Waals surface area (Å²) in [6, 6.07) is 0. The largest absolute Gasteiger partial charge is 0.358 e. The van der Waals surface area contributed by atoms with E-state index in [0.29, 0.717) is 0 Å². The van der Waals surface area contributed by atoms with Crippen molar-refractivity contribution in [3.63, 3.8) is 0 Å². The Morgan fingerprint density at radius 2 is 2.30 bits per heavy atom. The van der Waals surface area contributed by atoms with Crippen molar-refractivity contribution in [3.05, 3.63) is 0 Å². The van der Waals surface area contributed by atoms with Gasteiger partial charge in [0.25, 0.3) is 0 Å². The zero-order valence-electron chi connectivity index (χ0n) is 6.81. The van der Waals surface area contributed by atoms with E-state index in [4.69, 9.17) is 0 Å². The average Bonchev–Trinajstić information content (AvgIpc) is 1.98. The summed E-state index contributed by atoms with van der Waals surface area (Å²) >= 11 is 1.70. The monoisotopic (exact) mass is 161 g/mol. The number of nitrogens with one attached hydrogen (secondary N) is 1. The lowest BCUT2D eigenvalue weighted by Crippen LogP contribution is -2.27. The molecule has 0 heterocycles. The lowest BCUT2D eigenvalue weighted by molar-refractivity contribution is -0.119. The second-order valence-corrected chi connectivity index (χ2v) is 3.58. The first kappa shape index (κ1) is 9.82. The van der Waals surface area contributed by atoms with Crippen LogP contribution in [0.15, 0.2) is 0 Å². The lowest BCUT2D eigenvalue weighted by Gasteiger charge is -2.07. The van der Waals surface area contributed by atoms with Crippen molar-refractivity contribution < 1.29 is 4.79 Å². The molecule has 60 valence electrons. The van der Waals surface area contributed by atoms with Crippen LogP contribution in [0.1, 0.15) is 20.3 Å². The highest BCUT2D eigenvalue weighted by Gasteiger charge is 2.09. The van der Waals surface area contributed by atoms with Gasteiger partial charge in [0.15, 0.2) is 0 Å². The SMILES string of the molecule is CCCSC(C)C(=O)NC. The number of rotatable bonds is 4. The number of hydrogen-bond acceptors (Lipinski definition) is 2. The van der Waals surface area contributed by atoms with E-state index in [0.717, 1.165) is 12.2 Å². The van der Waals surface area contributed by atoms with Crippen molar-refractivity contribution in [1.82, 2.24) is 5.32 Å². The fraction of sp³-hybridized carbons (Fsp3) is 0.857. The molecule has 0 radical (unpaired) electrons. The van der Waals surface area contributed by atoms with Crippen molar-refractivity contribution in [2.75, 3.05) is 12.8 Å². The molecular formula is C7H15NOS. The highest BCUT2D eigenvalue weighted by molar-refractivity contribution is 8.00. The average molecular weight is 161 g/mol. The maximum atomic E-state index is 10.9. The molecule has 1 N–H and O–H groups in total. The van der Waals surface area contributed by atoms with E-state index < -0.39 is 0 Å². The van der Waals surface area contributed by atoms with Crippen LogP contribution in [-0.4, -0.2) is 24.0 Å². The molecule has 2 nitrogen and oxygen atoms in total. The van der Waals surface area contributed by atoms with Crippen LogP contribution in [-0.2, 0) is 4.79 Å². The Bertz CT molecular complexity index is 106. The molecule has 1 unspecified atom stereocenters. The molecule has 0 aliphatic rings. The summed E-state index contributed by atoms with van der Waals surface area (Å²) in [7, 11) is 1.67. The Morgan fingerprint density at radius 1 is 1.70 bits per heavy atom. The Labute approximate surface area is 66.8 Å². The third-order valence-corrected chi connectivity index (χ3v) is 2.55. The topological polar surface area (TPSA) is 29.1 Å². The number of amides is 1. The summed E-state index contributed by atoms with van der Waals surface area (Å²) in [5.41, 5.74) is 0. The Hall–Kier alpha value is -0.180. The summed E-state index contributed by atoms with van der Waals surface area (Å²) < 4.78 is 0. The van der Waals surface area contributed by atoms with Crippen molar-refractivity contribution in [3.8, 4) is 0 Å². The minimum absolute atomic E-state index is 0.102. The zero-order valence-corrected chi connectivity index (χ0v) is 7.62. The van der Waals surface area contributed by atoms with Crippen LogP contribution in [0.25, 0.3) is 0 Å². The summed E-state index contributed by atoms with van der Waals surface area (Å²) in [6.07, 6.45) is 1.13. The van der Waals surface area contributed by atoms with Crippen LogP contribution in [0, 0.1) is 0 Å². The molecule has 0 aliphatic heterocycles. The molecule has 0 aromatic carbocycles. The molecule has 0 rings (SSSR count). The van der Waals surface area contributed by atoms with Crippen LogP contribution in [0.5, 0.6) is 0 Å². The normalized spacial score (nSPS) is 12.7. The standard InChI is InChI=1S/C7H15NOS/c1-4-5-10-6(2)7(9)8-3/h6H,4-5H2,1-3H3,(H,8,9). The van der Waals surface area contributed by atoms with Gasteiger partial charge in [-0.1, -0.05) is 6.92 Å². The molecule has 0 saturated heterocycles. The van der Waals surface area contributed by atoms with E-state index in [9.17, 15) is 4.79 Å². The molecule has 1 atom stereocenters. The minimum Gasteiger partial charge on any atom is -0.358 e. The molecule has 1 amide bonds. The van der Waals surface area contributed by atoms with Crippen molar-refractivity contribution >= 4 is 17.7 Å². The van der Waals surface area contributed by atoms with Gasteiger partial charge in [-0.3, -0.25) is 4.79 Å². The first-order valence-electron chi connectivity index (χ1n) is 3.55. The maximum absolute atomic E-state index is 10.9. The number of carbonyl (C=O) groups excluding carboxylic acids is 1. The lowest BCUT2D eigenvalue weighted by atomic mass is 10.4. The third-order valence-electron chi connectivity index (χ3n) is 1.19. The van der Waals surface area contributed by atoms with Crippen LogP contribution in [0.4, 0.5) is 0 Å². The first-order chi connectivity index (χ1) is 4.72.